The third-order valence-corrected chi connectivity index (χ3v) is 3.16. The van der Waals surface area contributed by atoms with Gasteiger partial charge in [-0.3, -0.25) is 0 Å². The van der Waals surface area contributed by atoms with Crippen LogP contribution < -0.4 is 16.8 Å². The molecule has 0 aromatic heterocycles. The van der Waals surface area contributed by atoms with Crippen molar-refractivity contribution in [1.82, 2.24) is 5.32 Å². The second-order valence-electron chi connectivity index (χ2n) is 5.07. The second kappa shape index (κ2) is 5.17. The first-order valence-corrected chi connectivity index (χ1v) is 5.76. The van der Waals surface area contributed by atoms with Gasteiger partial charge in [0, 0.05) is 17.8 Å². The highest BCUT2D eigenvalue weighted by Gasteiger charge is 2.32. The van der Waals surface area contributed by atoms with Crippen LogP contribution in [-0.4, -0.2) is 17.1 Å². The highest BCUT2D eigenvalue weighted by molar-refractivity contribution is 5.73. The summed E-state index contributed by atoms with van der Waals surface area (Å²) in [6, 6.07) is -0.714. The summed E-state index contributed by atoms with van der Waals surface area (Å²) in [7, 11) is 0. The smallest absolute Gasteiger partial charge is 0.316 e. The van der Waals surface area contributed by atoms with Gasteiger partial charge in [-0.15, -0.1) is 0 Å². The number of nitrogens with two attached hydrogens (primary N) is 2. The highest BCUT2D eigenvalue weighted by Crippen LogP contribution is 2.31. The minimum absolute atomic E-state index is 0.314. The minimum atomic E-state index is -1.03. The van der Waals surface area contributed by atoms with Gasteiger partial charge in [-0.25, -0.2) is 15.9 Å². The van der Waals surface area contributed by atoms with E-state index < -0.39 is 17.1 Å². The van der Waals surface area contributed by atoms with Crippen molar-refractivity contribution in [2.24, 2.45) is 21.7 Å². The molecule has 0 bridgehead atoms. The fourth-order valence-electron chi connectivity index (χ4n) is 1.91. The number of rotatable bonds is 3. The van der Waals surface area contributed by atoms with Crippen molar-refractivity contribution < 1.29 is 4.79 Å². The molecule has 0 heterocycles. The molecular formula is C11H19N7O. The van der Waals surface area contributed by atoms with Crippen LogP contribution in [0.2, 0.25) is 0 Å². The Morgan fingerprint density at radius 3 is 2.53 bits per heavy atom. The summed E-state index contributed by atoms with van der Waals surface area (Å²) in [4.78, 5) is 11.0. The summed E-state index contributed by atoms with van der Waals surface area (Å²) in [6.07, 6.45) is 4.02. The lowest BCUT2D eigenvalue weighted by molar-refractivity contribution is 0.250. The number of nitrogens with zero attached hydrogens (tertiary/aromatic N) is 2. The third kappa shape index (κ3) is 3.36. The Hall–Kier alpha value is -2.25. The van der Waals surface area contributed by atoms with Crippen molar-refractivity contribution in [3.8, 4) is 0 Å². The predicted octanol–water partition coefficient (Wildman–Crippen LogP) is 1.75. The molecule has 8 heteroatoms. The van der Waals surface area contributed by atoms with E-state index in [1.165, 1.54) is 0 Å². The Balaban J connectivity index is 3.27. The number of nitrogens with one attached hydrogen (secondary N) is 3. The van der Waals surface area contributed by atoms with Gasteiger partial charge < -0.3 is 16.8 Å². The topological polar surface area (TPSA) is 154 Å². The second-order valence-corrected chi connectivity index (χ2v) is 5.07. The molecule has 19 heavy (non-hydrogen) atoms. The molecule has 1 aliphatic rings. The number of hydrogen-bond acceptors (Lipinski definition) is 6. The predicted molar refractivity (Wildman–Crippen MR) is 69.4 cm³/mol. The number of urea groups is 1. The van der Waals surface area contributed by atoms with E-state index in [0.29, 0.717) is 24.2 Å². The Morgan fingerprint density at radius 1 is 1.42 bits per heavy atom. The van der Waals surface area contributed by atoms with Gasteiger partial charge in [0.1, 0.15) is 5.54 Å². The van der Waals surface area contributed by atoms with E-state index in [2.05, 4.69) is 15.5 Å². The molecule has 0 aromatic carbocycles. The SMILES string of the molecule is CC1(N=N)C/C=C(/N)C(C)(N=N)/C=C(/NC(N)=O)C1. The molecule has 2 unspecified atom stereocenters. The van der Waals surface area contributed by atoms with Crippen molar-refractivity contribution >= 4 is 6.03 Å². The monoisotopic (exact) mass is 265 g/mol. The fraction of sp³-hybridized carbons (Fsp3) is 0.545. The zero-order valence-corrected chi connectivity index (χ0v) is 11.0. The molecule has 2 amide bonds. The highest BCUT2D eigenvalue weighted by atomic mass is 16.2. The van der Waals surface area contributed by atoms with Crippen molar-refractivity contribution in [2.45, 2.75) is 37.8 Å². The minimum Gasteiger partial charge on any atom is -0.400 e. The normalized spacial score (nSPS) is 36.7. The largest absolute Gasteiger partial charge is 0.400 e. The van der Waals surface area contributed by atoms with Crippen LogP contribution in [0.4, 0.5) is 4.79 Å². The first-order chi connectivity index (χ1) is 8.74. The van der Waals surface area contributed by atoms with Crippen LogP contribution in [0.25, 0.3) is 0 Å². The third-order valence-electron chi connectivity index (χ3n) is 3.16. The molecule has 0 radical (unpaired) electrons. The van der Waals surface area contributed by atoms with E-state index in [-0.39, 0.29) is 0 Å². The van der Waals surface area contributed by atoms with Crippen LogP contribution in [0, 0.1) is 11.1 Å². The maximum absolute atomic E-state index is 11.0. The van der Waals surface area contributed by atoms with E-state index in [1.54, 1.807) is 26.0 Å². The van der Waals surface area contributed by atoms with Gasteiger partial charge in [-0.05, 0) is 26.3 Å². The molecule has 1 aliphatic carbocycles. The quantitative estimate of drug-likeness (QED) is 0.493. The molecule has 0 spiro atoms. The maximum atomic E-state index is 11.0. The summed E-state index contributed by atoms with van der Waals surface area (Å²) < 4.78 is 0. The van der Waals surface area contributed by atoms with Crippen LogP contribution in [0.1, 0.15) is 26.7 Å². The maximum Gasteiger partial charge on any atom is 0.316 e. The van der Waals surface area contributed by atoms with Gasteiger partial charge in [0.2, 0.25) is 0 Å². The standard InChI is InChI=1S/C11H19N7O/c1-10(17-14)4-3-8(12)11(2,18-15)6-7(5-10)16-9(13)19/h3,6,14-15H,4-5,12H2,1-2H3,(H3,13,16,19)/b7-6+,8-3+,17-14?,18-15?. The summed E-state index contributed by atoms with van der Waals surface area (Å²) in [6.45, 7) is 3.44. The van der Waals surface area contributed by atoms with Crippen molar-refractivity contribution in [2.75, 3.05) is 0 Å². The van der Waals surface area contributed by atoms with E-state index in [4.69, 9.17) is 22.5 Å². The number of carbonyl (C=O) groups excluding carboxylic acids is 1. The molecule has 2 atom stereocenters. The van der Waals surface area contributed by atoms with Crippen LogP contribution >= 0.6 is 0 Å². The molecule has 7 N–H and O–H groups in total. The van der Waals surface area contributed by atoms with Gasteiger partial charge in [0.25, 0.3) is 0 Å². The molecule has 104 valence electrons. The van der Waals surface area contributed by atoms with Crippen molar-refractivity contribution in [3.63, 3.8) is 0 Å². The number of amides is 2. The van der Waals surface area contributed by atoms with Gasteiger partial charge in [0.05, 0.1) is 5.54 Å². The molecule has 1 rings (SSSR count). The Kier molecular flexibility index (Phi) is 4.03. The first kappa shape index (κ1) is 14.8. The average Bonchev–Trinajstić information content (AvgIpc) is 2.33. The molecule has 8 nitrogen and oxygen atoms in total. The van der Waals surface area contributed by atoms with E-state index >= 15 is 0 Å². The zero-order chi connectivity index (χ0) is 14.7. The van der Waals surface area contributed by atoms with E-state index in [1.807, 2.05) is 0 Å². The van der Waals surface area contributed by atoms with Gasteiger partial charge in [-0.1, -0.05) is 6.08 Å². The lowest BCUT2D eigenvalue weighted by atomic mass is 9.85. The van der Waals surface area contributed by atoms with Crippen LogP contribution in [0.15, 0.2) is 33.8 Å². The van der Waals surface area contributed by atoms with Gasteiger partial charge in [0.15, 0.2) is 0 Å². The van der Waals surface area contributed by atoms with Gasteiger partial charge in [-0.2, -0.15) is 10.2 Å². The van der Waals surface area contributed by atoms with Crippen molar-refractivity contribution in [1.29, 1.82) is 11.1 Å². The first-order valence-electron chi connectivity index (χ1n) is 5.76. The Labute approximate surface area is 111 Å². The molecule has 0 saturated heterocycles. The molecular weight excluding hydrogens is 246 g/mol. The van der Waals surface area contributed by atoms with E-state index in [9.17, 15) is 4.79 Å². The molecule has 0 aliphatic heterocycles. The lowest BCUT2D eigenvalue weighted by Crippen LogP contribution is -2.38. The van der Waals surface area contributed by atoms with Gasteiger partial charge >= 0.3 is 6.03 Å². The van der Waals surface area contributed by atoms with E-state index in [0.717, 1.165) is 0 Å². The summed E-state index contributed by atoms with van der Waals surface area (Å²) in [5.74, 6) is 0. The Bertz CT molecular complexity index is 470. The van der Waals surface area contributed by atoms with Crippen LogP contribution in [0.3, 0.4) is 0 Å². The lowest BCUT2D eigenvalue weighted by Gasteiger charge is -2.30. The summed E-state index contributed by atoms with van der Waals surface area (Å²) in [5.41, 5.74) is 24.7. The zero-order valence-electron chi connectivity index (χ0n) is 11.0. The fourth-order valence-corrected chi connectivity index (χ4v) is 1.91. The van der Waals surface area contributed by atoms with Crippen molar-refractivity contribution in [3.05, 3.63) is 23.5 Å². The molecule has 0 aromatic rings. The number of carbonyl (C=O) groups is 1. The number of hydrogen-bond donors (Lipinski definition) is 5. The molecule has 0 fully saturated rings. The average molecular weight is 265 g/mol. The van der Waals surface area contributed by atoms with Crippen LogP contribution in [0.5, 0.6) is 0 Å². The summed E-state index contributed by atoms with van der Waals surface area (Å²) >= 11 is 0. The van der Waals surface area contributed by atoms with Crippen LogP contribution in [-0.2, 0) is 0 Å². The molecule has 0 saturated carbocycles. The number of primary amides is 1. The Morgan fingerprint density at radius 2 is 2.05 bits per heavy atom. The summed E-state index contributed by atoms with van der Waals surface area (Å²) in [5, 5.41) is 9.57.